The van der Waals surface area contributed by atoms with Crippen LogP contribution in [0.3, 0.4) is 0 Å². The van der Waals surface area contributed by atoms with E-state index in [0.29, 0.717) is 5.75 Å². The second-order valence-corrected chi connectivity index (χ2v) is 9.96. The van der Waals surface area contributed by atoms with E-state index in [4.69, 9.17) is 4.74 Å². The Labute approximate surface area is 178 Å². The number of ether oxygens (including phenoxy) is 1. The van der Waals surface area contributed by atoms with Gasteiger partial charge in [-0.05, 0) is 92.7 Å². The average Bonchev–Trinajstić information content (AvgIpc) is 2.76. The van der Waals surface area contributed by atoms with Gasteiger partial charge in [-0.2, -0.15) is 0 Å². The molecule has 0 aliphatic heterocycles. The van der Waals surface area contributed by atoms with Crippen molar-refractivity contribution >= 4 is 5.97 Å². The van der Waals surface area contributed by atoms with Gasteiger partial charge in [0, 0.05) is 0 Å². The smallest absolute Gasteiger partial charge is 0.314 e. The monoisotopic (exact) mass is 398 g/mol. The molecule has 2 nitrogen and oxygen atoms in total. The van der Waals surface area contributed by atoms with E-state index in [-0.39, 0.29) is 11.9 Å². The van der Waals surface area contributed by atoms with Crippen LogP contribution in [0.25, 0.3) is 0 Å². The largest absolute Gasteiger partial charge is 0.426 e. The van der Waals surface area contributed by atoms with Gasteiger partial charge >= 0.3 is 5.97 Å². The fraction of sp³-hybridized carbons (Fsp3) is 0.741. The number of carbonyl (C=O) groups excluding carboxylic acids is 1. The molecule has 162 valence electrons. The van der Waals surface area contributed by atoms with Crippen molar-refractivity contribution in [2.45, 2.75) is 97.8 Å². The van der Waals surface area contributed by atoms with E-state index < -0.39 is 0 Å². The normalized spacial score (nSPS) is 28.7. The minimum absolute atomic E-state index is 0.0102. The van der Waals surface area contributed by atoms with Crippen LogP contribution < -0.4 is 4.74 Å². The van der Waals surface area contributed by atoms with Crippen LogP contribution in [0.15, 0.2) is 24.3 Å². The summed E-state index contributed by atoms with van der Waals surface area (Å²) in [5.41, 5.74) is 1.31. The topological polar surface area (TPSA) is 26.3 Å². The number of hydrogen-bond donors (Lipinski definition) is 0. The zero-order valence-corrected chi connectivity index (χ0v) is 19.0. The van der Waals surface area contributed by atoms with Gasteiger partial charge < -0.3 is 4.74 Å². The van der Waals surface area contributed by atoms with E-state index >= 15 is 0 Å². The number of aryl methyl sites for hydroxylation is 1. The maximum atomic E-state index is 12.6. The summed E-state index contributed by atoms with van der Waals surface area (Å²) in [7, 11) is 0. The van der Waals surface area contributed by atoms with E-state index in [1.807, 2.05) is 12.1 Å². The third-order valence-corrected chi connectivity index (χ3v) is 7.78. The predicted octanol–water partition coefficient (Wildman–Crippen LogP) is 7.59. The number of esters is 1. The number of benzene rings is 1. The van der Waals surface area contributed by atoms with Crippen LogP contribution in [-0.4, -0.2) is 5.97 Å². The Hall–Kier alpha value is -1.31. The van der Waals surface area contributed by atoms with Gasteiger partial charge in [-0.15, -0.1) is 0 Å². The zero-order valence-electron chi connectivity index (χ0n) is 19.0. The molecular formula is C27H42O2. The van der Waals surface area contributed by atoms with Crippen LogP contribution in [0.4, 0.5) is 0 Å². The molecule has 1 atom stereocenters. The van der Waals surface area contributed by atoms with E-state index in [9.17, 15) is 4.79 Å². The quantitative estimate of drug-likeness (QED) is 0.333. The predicted molar refractivity (Wildman–Crippen MR) is 121 cm³/mol. The maximum absolute atomic E-state index is 12.6. The van der Waals surface area contributed by atoms with Gasteiger partial charge in [0.1, 0.15) is 5.75 Å². The molecule has 0 radical (unpaired) electrons. The van der Waals surface area contributed by atoms with Crippen LogP contribution >= 0.6 is 0 Å². The molecule has 0 amide bonds. The summed E-state index contributed by atoms with van der Waals surface area (Å²) in [6.45, 7) is 6.91. The molecule has 2 heteroatoms. The van der Waals surface area contributed by atoms with Crippen LogP contribution in [0.1, 0.15) is 97.0 Å². The molecular weight excluding hydrogens is 356 g/mol. The summed E-state index contributed by atoms with van der Waals surface area (Å²) in [6, 6.07) is 8.07. The molecule has 1 aromatic carbocycles. The third kappa shape index (κ3) is 6.59. The second-order valence-electron chi connectivity index (χ2n) is 9.96. The molecule has 2 aliphatic rings. The average molecular weight is 399 g/mol. The first-order valence-corrected chi connectivity index (χ1v) is 12.4. The lowest BCUT2D eigenvalue weighted by molar-refractivity contribution is -0.140. The minimum atomic E-state index is -0.0102. The molecule has 0 spiro atoms. The fourth-order valence-electron chi connectivity index (χ4n) is 5.67. The Morgan fingerprint density at radius 2 is 1.52 bits per heavy atom. The minimum Gasteiger partial charge on any atom is -0.426 e. The van der Waals surface area contributed by atoms with Gasteiger partial charge in [0.2, 0.25) is 0 Å². The highest BCUT2D eigenvalue weighted by Gasteiger charge is 2.33. The summed E-state index contributed by atoms with van der Waals surface area (Å²) in [4.78, 5) is 12.6. The molecule has 0 saturated heterocycles. The van der Waals surface area contributed by atoms with Gasteiger partial charge in [0.15, 0.2) is 0 Å². The van der Waals surface area contributed by atoms with Crippen molar-refractivity contribution in [1.29, 1.82) is 0 Å². The van der Waals surface area contributed by atoms with Crippen molar-refractivity contribution in [3.05, 3.63) is 29.8 Å². The lowest BCUT2D eigenvalue weighted by Gasteiger charge is -2.37. The van der Waals surface area contributed by atoms with Gasteiger partial charge in [-0.1, -0.05) is 58.6 Å². The SMILES string of the molecule is CCCc1ccc(OC(=O)C2CCC(C3CCC(CC(C)CC)CC3)CC2)cc1. The van der Waals surface area contributed by atoms with Crippen molar-refractivity contribution in [3.8, 4) is 5.75 Å². The summed E-state index contributed by atoms with van der Waals surface area (Å²) < 4.78 is 5.69. The molecule has 1 unspecified atom stereocenters. The van der Waals surface area contributed by atoms with Crippen LogP contribution in [-0.2, 0) is 11.2 Å². The molecule has 0 N–H and O–H groups in total. The molecule has 2 fully saturated rings. The van der Waals surface area contributed by atoms with E-state index in [2.05, 4.69) is 32.9 Å². The van der Waals surface area contributed by atoms with E-state index in [1.165, 1.54) is 56.9 Å². The Bertz CT molecular complexity index is 604. The summed E-state index contributed by atoms with van der Waals surface area (Å²) in [6.07, 6.45) is 15.2. The molecule has 1 aromatic rings. The van der Waals surface area contributed by atoms with E-state index in [1.54, 1.807) is 0 Å². The van der Waals surface area contributed by atoms with Gasteiger partial charge in [-0.3, -0.25) is 4.79 Å². The molecule has 0 aromatic heterocycles. The molecule has 3 rings (SSSR count). The van der Waals surface area contributed by atoms with Crippen LogP contribution in [0, 0.1) is 29.6 Å². The standard InChI is InChI=1S/C27H42O2/c1-4-6-21-9-17-26(18-10-21)29-27(28)25-15-13-24(14-16-25)23-11-7-22(8-12-23)19-20(3)5-2/h9-10,17-18,20,22-25H,4-8,11-16,19H2,1-3H3. The van der Waals surface area contributed by atoms with Crippen molar-refractivity contribution in [3.63, 3.8) is 0 Å². The molecule has 0 heterocycles. The van der Waals surface area contributed by atoms with Crippen molar-refractivity contribution in [2.24, 2.45) is 29.6 Å². The number of rotatable bonds is 8. The Kier molecular flexibility index (Phi) is 8.63. The third-order valence-electron chi connectivity index (χ3n) is 7.78. The second kappa shape index (κ2) is 11.2. The van der Waals surface area contributed by atoms with Crippen LogP contribution in [0.2, 0.25) is 0 Å². The molecule has 29 heavy (non-hydrogen) atoms. The maximum Gasteiger partial charge on any atom is 0.314 e. The zero-order chi connectivity index (χ0) is 20.6. The van der Waals surface area contributed by atoms with Gasteiger partial charge in [0.05, 0.1) is 5.92 Å². The van der Waals surface area contributed by atoms with Crippen molar-refractivity contribution < 1.29 is 9.53 Å². The van der Waals surface area contributed by atoms with Gasteiger partial charge in [-0.25, -0.2) is 0 Å². The Morgan fingerprint density at radius 1 is 0.931 bits per heavy atom. The first kappa shape index (κ1) is 22.4. The molecule has 2 saturated carbocycles. The lowest BCUT2D eigenvalue weighted by atomic mass is 9.68. The van der Waals surface area contributed by atoms with Crippen molar-refractivity contribution in [1.82, 2.24) is 0 Å². The Balaban J connectivity index is 1.39. The van der Waals surface area contributed by atoms with Crippen LogP contribution in [0.5, 0.6) is 5.75 Å². The molecule has 0 bridgehead atoms. The first-order chi connectivity index (χ1) is 14.1. The lowest BCUT2D eigenvalue weighted by Crippen LogP contribution is -2.30. The summed E-state index contributed by atoms with van der Waals surface area (Å²) >= 11 is 0. The van der Waals surface area contributed by atoms with Crippen molar-refractivity contribution in [2.75, 3.05) is 0 Å². The number of hydrogen-bond acceptors (Lipinski definition) is 2. The number of carbonyl (C=O) groups is 1. The highest BCUT2D eigenvalue weighted by molar-refractivity contribution is 5.75. The highest BCUT2D eigenvalue weighted by atomic mass is 16.5. The highest BCUT2D eigenvalue weighted by Crippen LogP contribution is 2.43. The van der Waals surface area contributed by atoms with E-state index in [0.717, 1.165) is 49.4 Å². The van der Waals surface area contributed by atoms with Gasteiger partial charge in [0.25, 0.3) is 0 Å². The fourth-order valence-corrected chi connectivity index (χ4v) is 5.67. The summed E-state index contributed by atoms with van der Waals surface area (Å²) in [5.74, 6) is 4.41. The summed E-state index contributed by atoms with van der Waals surface area (Å²) in [5, 5.41) is 0. The first-order valence-electron chi connectivity index (χ1n) is 12.4. The molecule has 2 aliphatic carbocycles. The Morgan fingerprint density at radius 3 is 2.07 bits per heavy atom.